The first-order valence-corrected chi connectivity index (χ1v) is 18.1. The molecule has 3 heterocycles. The Morgan fingerprint density at radius 2 is 1.58 bits per heavy atom. The number of hydrogen-bond acceptors (Lipinski definition) is 7. The number of carbonyl (C=O) groups excluding carboxylic acids is 5. The van der Waals surface area contributed by atoms with Crippen LogP contribution in [-0.4, -0.2) is 109 Å². The molecule has 53 heavy (non-hydrogen) atoms. The lowest BCUT2D eigenvalue weighted by atomic mass is 10.0. The zero-order valence-electron chi connectivity index (χ0n) is 30.1. The highest BCUT2D eigenvalue weighted by Crippen LogP contribution is 2.22. The molecule has 2 aliphatic rings. The molecule has 0 bridgehead atoms. The summed E-state index contributed by atoms with van der Waals surface area (Å²) >= 11 is 0. The number of benzene rings is 3. The number of nitrogens with zero attached hydrogens (tertiary/aromatic N) is 2. The third-order valence-corrected chi connectivity index (χ3v) is 9.87. The number of fused-ring (bicyclic) bond motifs is 2. The number of likely N-dealkylation sites (N-methyl/N-ethyl adjacent to an activating group) is 1. The van der Waals surface area contributed by atoms with Gasteiger partial charge in [0.05, 0.1) is 18.6 Å². The van der Waals surface area contributed by atoms with Crippen LogP contribution in [0, 0.1) is 0 Å². The summed E-state index contributed by atoms with van der Waals surface area (Å²) in [4.78, 5) is 76.5. The van der Waals surface area contributed by atoms with E-state index in [1.807, 2.05) is 68.7 Å². The van der Waals surface area contributed by atoms with Gasteiger partial charge in [0, 0.05) is 55.6 Å². The molecule has 5 N–H and O–H groups in total. The molecule has 1 saturated heterocycles. The molecule has 4 atom stereocenters. The molecule has 0 saturated carbocycles. The predicted molar refractivity (Wildman–Crippen MR) is 200 cm³/mol. The number of hydrogen-bond donors (Lipinski definition) is 5. The fraction of sp³-hybridized carbons (Fsp3) is 0.375. The number of amides is 5. The van der Waals surface area contributed by atoms with Crippen molar-refractivity contribution in [3.05, 3.63) is 102 Å². The standard InChI is InChI=1S/C40H47N7O6/c1-46(2)28-17-19-47(25-28)40(52)34-23-36(48)43-33(22-27-24-42-31-15-8-6-13-29(27)31)39(51)44-32(21-26-11-4-3-5-12-26)38(50)41-18-10-20-53-35-16-9-7-14-30(35)37(49)45-34/h3-9,11-16,24,28,32-34,42H,10,17-23,25H2,1-2H3,(H,41,50)(H,43,48)(H,44,51)(H,45,49)/t28-,32-,33-,34-/m0/s1. The van der Waals surface area contributed by atoms with Gasteiger partial charge in [-0.15, -0.1) is 0 Å². The fourth-order valence-electron chi connectivity index (χ4n) is 6.89. The Morgan fingerprint density at radius 1 is 0.849 bits per heavy atom. The van der Waals surface area contributed by atoms with Crippen LogP contribution in [0.4, 0.5) is 0 Å². The van der Waals surface area contributed by atoms with Gasteiger partial charge < -0.3 is 40.8 Å². The SMILES string of the molecule is CN(C)[C@H]1CCN(C(=O)[C@@H]2CC(=O)N[C@@H](Cc3c[nH]c4ccccc34)C(=O)N[C@@H](Cc3ccccc3)C(=O)NCCCOc3ccccc3C(=O)N2)C1. The number of aromatic nitrogens is 1. The molecule has 5 amide bonds. The molecule has 0 spiro atoms. The highest BCUT2D eigenvalue weighted by Gasteiger charge is 2.35. The molecule has 4 aromatic rings. The number of nitrogens with one attached hydrogen (secondary N) is 5. The van der Waals surface area contributed by atoms with Crippen LogP contribution in [0.5, 0.6) is 5.75 Å². The lowest BCUT2D eigenvalue weighted by Crippen LogP contribution is -2.56. The summed E-state index contributed by atoms with van der Waals surface area (Å²) in [5, 5.41) is 12.4. The summed E-state index contributed by atoms with van der Waals surface area (Å²) in [6.07, 6.45) is 2.89. The van der Waals surface area contributed by atoms with Crippen LogP contribution in [0.1, 0.15) is 40.7 Å². The zero-order valence-corrected chi connectivity index (χ0v) is 30.1. The van der Waals surface area contributed by atoms with Crippen molar-refractivity contribution in [1.29, 1.82) is 0 Å². The molecule has 1 fully saturated rings. The maximum Gasteiger partial charge on any atom is 0.255 e. The Balaban J connectivity index is 1.32. The highest BCUT2D eigenvalue weighted by atomic mass is 16.5. The first kappa shape index (κ1) is 37.1. The average Bonchev–Trinajstić information content (AvgIpc) is 3.82. The minimum absolute atomic E-state index is 0.105. The van der Waals surface area contributed by atoms with Gasteiger partial charge in [0.2, 0.25) is 23.6 Å². The molecule has 278 valence electrons. The topological polar surface area (TPSA) is 165 Å². The van der Waals surface area contributed by atoms with Gasteiger partial charge in [-0.2, -0.15) is 0 Å². The van der Waals surface area contributed by atoms with E-state index in [-0.39, 0.29) is 49.4 Å². The normalized spacial score (nSPS) is 22.1. The monoisotopic (exact) mass is 721 g/mol. The van der Waals surface area contributed by atoms with Crippen molar-refractivity contribution in [2.75, 3.05) is 40.3 Å². The molecule has 0 aliphatic carbocycles. The van der Waals surface area contributed by atoms with Crippen molar-refractivity contribution in [3.63, 3.8) is 0 Å². The average molecular weight is 722 g/mol. The molecular weight excluding hydrogens is 674 g/mol. The second kappa shape index (κ2) is 17.2. The molecule has 2 aliphatic heterocycles. The van der Waals surface area contributed by atoms with Crippen LogP contribution in [0.25, 0.3) is 10.9 Å². The van der Waals surface area contributed by atoms with Crippen LogP contribution in [0.2, 0.25) is 0 Å². The Bertz CT molecular complexity index is 1930. The molecule has 0 radical (unpaired) electrons. The van der Waals surface area contributed by atoms with E-state index in [4.69, 9.17) is 4.74 Å². The number of rotatable bonds is 6. The number of aromatic amines is 1. The maximum atomic E-state index is 14.2. The Labute approximate surface area is 308 Å². The van der Waals surface area contributed by atoms with Gasteiger partial charge in [0.25, 0.3) is 5.91 Å². The molecule has 6 rings (SSSR count). The second-order valence-corrected chi connectivity index (χ2v) is 13.8. The first-order chi connectivity index (χ1) is 25.7. The van der Waals surface area contributed by atoms with E-state index in [9.17, 15) is 24.0 Å². The van der Waals surface area contributed by atoms with E-state index >= 15 is 0 Å². The Kier molecular flexibility index (Phi) is 12.0. The van der Waals surface area contributed by atoms with Crippen LogP contribution in [0.15, 0.2) is 85.1 Å². The van der Waals surface area contributed by atoms with Crippen molar-refractivity contribution in [2.45, 2.75) is 56.3 Å². The zero-order chi connectivity index (χ0) is 37.3. The van der Waals surface area contributed by atoms with Gasteiger partial charge in [0.15, 0.2) is 0 Å². The summed E-state index contributed by atoms with van der Waals surface area (Å²) in [6, 6.07) is 20.6. The number of likely N-dealkylation sites (tertiary alicyclic amines) is 1. The molecule has 0 unspecified atom stereocenters. The highest BCUT2D eigenvalue weighted by molar-refractivity contribution is 6.01. The maximum absolute atomic E-state index is 14.2. The first-order valence-electron chi connectivity index (χ1n) is 18.1. The van der Waals surface area contributed by atoms with Crippen LogP contribution < -0.4 is 26.0 Å². The van der Waals surface area contributed by atoms with E-state index in [1.54, 1.807) is 35.4 Å². The molecule has 3 aromatic carbocycles. The lowest BCUT2D eigenvalue weighted by Gasteiger charge is -2.27. The third kappa shape index (κ3) is 9.41. The number of H-pyrrole nitrogens is 1. The van der Waals surface area contributed by atoms with E-state index in [0.717, 1.165) is 28.5 Å². The van der Waals surface area contributed by atoms with Crippen molar-refractivity contribution in [3.8, 4) is 5.75 Å². The molecular formula is C40H47N7O6. The second-order valence-electron chi connectivity index (χ2n) is 13.8. The van der Waals surface area contributed by atoms with Crippen LogP contribution in [0.3, 0.4) is 0 Å². The smallest absolute Gasteiger partial charge is 0.255 e. The van der Waals surface area contributed by atoms with E-state index in [1.165, 1.54) is 0 Å². The van der Waals surface area contributed by atoms with Crippen molar-refractivity contribution >= 4 is 40.4 Å². The summed E-state index contributed by atoms with van der Waals surface area (Å²) in [7, 11) is 3.91. The Morgan fingerprint density at radius 3 is 2.38 bits per heavy atom. The minimum Gasteiger partial charge on any atom is -0.493 e. The fourth-order valence-corrected chi connectivity index (χ4v) is 6.89. The van der Waals surface area contributed by atoms with E-state index < -0.39 is 42.3 Å². The van der Waals surface area contributed by atoms with Gasteiger partial charge in [-0.3, -0.25) is 24.0 Å². The molecule has 1 aromatic heterocycles. The van der Waals surface area contributed by atoms with E-state index in [0.29, 0.717) is 25.3 Å². The van der Waals surface area contributed by atoms with Crippen molar-refractivity contribution in [1.82, 2.24) is 36.1 Å². The molecule has 13 nitrogen and oxygen atoms in total. The minimum atomic E-state index is -1.22. The third-order valence-electron chi connectivity index (χ3n) is 9.87. The number of carbonyl (C=O) groups is 5. The summed E-state index contributed by atoms with van der Waals surface area (Å²) in [5.41, 5.74) is 2.72. The summed E-state index contributed by atoms with van der Waals surface area (Å²) in [6.45, 7) is 1.38. The van der Waals surface area contributed by atoms with Crippen molar-refractivity contribution in [2.24, 2.45) is 0 Å². The van der Waals surface area contributed by atoms with Crippen LogP contribution in [-0.2, 0) is 32.0 Å². The van der Waals surface area contributed by atoms with Crippen molar-refractivity contribution < 1.29 is 28.7 Å². The van der Waals surface area contributed by atoms with Gasteiger partial charge in [0.1, 0.15) is 23.9 Å². The van der Waals surface area contributed by atoms with Crippen LogP contribution >= 0.6 is 0 Å². The van der Waals surface area contributed by atoms with Gasteiger partial charge in [-0.05, 0) is 56.3 Å². The van der Waals surface area contributed by atoms with Gasteiger partial charge in [-0.25, -0.2) is 0 Å². The summed E-state index contributed by atoms with van der Waals surface area (Å²) in [5.74, 6) is -2.19. The number of para-hydroxylation sites is 2. The number of ether oxygens (including phenoxy) is 1. The molecule has 13 heteroatoms. The summed E-state index contributed by atoms with van der Waals surface area (Å²) < 4.78 is 5.97. The predicted octanol–water partition coefficient (Wildman–Crippen LogP) is 2.17. The largest absolute Gasteiger partial charge is 0.493 e. The lowest BCUT2D eigenvalue weighted by molar-refractivity contribution is -0.136. The van der Waals surface area contributed by atoms with Gasteiger partial charge >= 0.3 is 0 Å². The van der Waals surface area contributed by atoms with E-state index in [2.05, 4.69) is 31.2 Å². The quantitative estimate of drug-likeness (QED) is 0.204. The van der Waals surface area contributed by atoms with Gasteiger partial charge in [-0.1, -0.05) is 60.7 Å². The Hall–Kier alpha value is -5.69.